The fourth-order valence-electron chi connectivity index (χ4n) is 4.21. The van der Waals surface area contributed by atoms with Crippen LogP contribution in [-0.4, -0.2) is 29.4 Å². The maximum absolute atomic E-state index is 13.2. The molecule has 4 rings (SSSR count). The van der Waals surface area contributed by atoms with Crippen LogP contribution in [0, 0.1) is 12.8 Å². The summed E-state index contributed by atoms with van der Waals surface area (Å²) >= 11 is 12.4. The van der Waals surface area contributed by atoms with E-state index in [0.717, 1.165) is 22.0 Å². The van der Waals surface area contributed by atoms with E-state index in [1.54, 1.807) is 66.3 Å². The first-order valence-corrected chi connectivity index (χ1v) is 13.4. The largest absolute Gasteiger partial charge is 0.364 e. The van der Waals surface area contributed by atoms with Crippen molar-refractivity contribution in [1.82, 2.24) is 9.88 Å². The van der Waals surface area contributed by atoms with Crippen LogP contribution in [0.15, 0.2) is 60.7 Å². The molecule has 0 saturated heterocycles. The number of aromatic nitrogens is 1. The molecule has 0 aliphatic carbocycles. The van der Waals surface area contributed by atoms with Crippen molar-refractivity contribution < 1.29 is 19.1 Å². The smallest absolute Gasteiger partial charge is 0.272 e. The van der Waals surface area contributed by atoms with E-state index in [2.05, 4.69) is 16.0 Å². The monoisotopic (exact) mass is 580 g/mol. The van der Waals surface area contributed by atoms with E-state index < -0.39 is 5.91 Å². The number of methoxy groups -OCH3 is 1. The number of anilines is 2. The first-order chi connectivity index (χ1) is 19.1. The number of amides is 3. The molecule has 1 heterocycles. The zero-order valence-electron chi connectivity index (χ0n) is 22.6. The lowest BCUT2D eigenvalue weighted by Gasteiger charge is -2.12. The average Bonchev–Trinajstić information content (AvgIpc) is 3.27. The number of rotatable bonds is 9. The number of nitrogens with one attached hydrogen (secondary N) is 3. The summed E-state index contributed by atoms with van der Waals surface area (Å²) < 4.78 is 7.11. The Bertz CT molecular complexity index is 1600. The zero-order chi connectivity index (χ0) is 29.0. The second-order valence-corrected chi connectivity index (χ2v) is 10.5. The number of ether oxygens (including phenoxy) is 1. The lowest BCUT2D eigenvalue weighted by Crippen LogP contribution is -2.27. The van der Waals surface area contributed by atoms with E-state index in [1.807, 2.05) is 26.8 Å². The average molecular weight is 582 g/mol. The highest BCUT2D eigenvalue weighted by molar-refractivity contribution is 6.34. The Kier molecular flexibility index (Phi) is 9.14. The molecule has 8 nitrogen and oxygen atoms in total. The fraction of sp³-hybridized carbons (Fsp3) is 0.233. The molecule has 0 aliphatic rings. The second kappa shape index (κ2) is 12.6. The van der Waals surface area contributed by atoms with Crippen LogP contribution in [0.3, 0.4) is 0 Å². The summed E-state index contributed by atoms with van der Waals surface area (Å²) in [6, 6.07) is 17.4. The van der Waals surface area contributed by atoms with Gasteiger partial charge in [0.2, 0.25) is 5.91 Å². The molecule has 3 aromatic carbocycles. The number of carbonyl (C=O) groups excluding carboxylic acids is 3. The van der Waals surface area contributed by atoms with Gasteiger partial charge < -0.3 is 25.3 Å². The number of aryl methyl sites for hydroxylation is 1. The van der Waals surface area contributed by atoms with Gasteiger partial charge in [0.15, 0.2) is 0 Å². The lowest BCUT2D eigenvalue weighted by molar-refractivity contribution is -0.124. The Morgan fingerprint density at radius 1 is 0.925 bits per heavy atom. The molecule has 0 fully saturated rings. The maximum atomic E-state index is 13.2. The lowest BCUT2D eigenvalue weighted by atomic mass is 10.1. The van der Waals surface area contributed by atoms with Crippen LogP contribution in [0.25, 0.3) is 10.9 Å². The summed E-state index contributed by atoms with van der Waals surface area (Å²) in [5, 5.41) is 10.3. The van der Waals surface area contributed by atoms with Crippen LogP contribution in [0.1, 0.15) is 45.8 Å². The molecule has 3 amide bonds. The molecular formula is C30H30Cl2N4O4. The van der Waals surface area contributed by atoms with Crippen molar-refractivity contribution in [2.45, 2.75) is 34.0 Å². The molecule has 0 atom stereocenters. The van der Waals surface area contributed by atoms with E-state index in [-0.39, 0.29) is 36.6 Å². The Morgan fingerprint density at radius 2 is 1.70 bits per heavy atom. The molecule has 40 heavy (non-hydrogen) atoms. The number of halogens is 2. The highest BCUT2D eigenvalue weighted by Crippen LogP contribution is 2.27. The summed E-state index contributed by atoms with van der Waals surface area (Å²) in [6.07, 6.45) is 0. The topological polar surface area (TPSA) is 101 Å². The Morgan fingerprint density at radius 3 is 2.40 bits per heavy atom. The third kappa shape index (κ3) is 6.65. The summed E-state index contributed by atoms with van der Waals surface area (Å²) in [4.78, 5) is 38.3. The first kappa shape index (κ1) is 29.1. The molecule has 3 N–H and O–H groups in total. The van der Waals surface area contributed by atoms with Gasteiger partial charge in [-0.05, 0) is 72.6 Å². The Labute approximate surface area is 242 Å². The van der Waals surface area contributed by atoms with Gasteiger partial charge in [-0.15, -0.1) is 0 Å². The number of hydrogen-bond donors (Lipinski definition) is 3. The van der Waals surface area contributed by atoms with E-state index in [4.69, 9.17) is 27.9 Å². The van der Waals surface area contributed by atoms with Gasteiger partial charge in [0, 0.05) is 41.4 Å². The predicted molar refractivity (Wildman–Crippen MR) is 159 cm³/mol. The van der Waals surface area contributed by atoms with Crippen LogP contribution >= 0.6 is 23.2 Å². The van der Waals surface area contributed by atoms with Gasteiger partial charge in [-0.1, -0.05) is 43.1 Å². The molecule has 4 aromatic rings. The predicted octanol–water partition coefficient (Wildman–Crippen LogP) is 6.64. The molecule has 0 bridgehead atoms. The van der Waals surface area contributed by atoms with Gasteiger partial charge in [0.05, 0.1) is 16.1 Å². The molecule has 1 aromatic heterocycles. The summed E-state index contributed by atoms with van der Waals surface area (Å²) in [6.45, 7) is 5.94. The maximum Gasteiger partial charge on any atom is 0.272 e. The normalized spacial score (nSPS) is 11.1. The minimum absolute atomic E-state index is 0.0778. The molecule has 0 saturated carbocycles. The van der Waals surface area contributed by atoms with Crippen molar-refractivity contribution in [2.75, 3.05) is 17.7 Å². The van der Waals surface area contributed by atoms with Crippen molar-refractivity contribution in [3.8, 4) is 0 Å². The summed E-state index contributed by atoms with van der Waals surface area (Å²) in [5.74, 6) is -0.922. The van der Waals surface area contributed by atoms with Crippen molar-refractivity contribution >= 4 is 63.2 Å². The highest BCUT2D eigenvalue weighted by Gasteiger charge is 2.18. The van der Waals surface area contributed by atoms with Gasteiger partial charge in [0.1, 0.15) is 12.4 Å². The molecule has 0 radical (unpaired) electrons. The van der Waals surface area contributed by atoms with Crippen molar-refractivity contribution in [3.63, 3.8) is 0 Å². The quantitative estimate of drug-likeness (QED) is 0.206. The van der Waals surface area contributed by atoms with E-state index in [9.17, 15) is 14.4 Å². The third-order valence-corrected chi connectivity index (χ3v) is 6.92. The second-order valence-electron chi connectivity index (χ2n) is 9.70. The van der Waals surface area contributed by atoms with Crippen molar-refractivity contribution in [2.24, 2.45) is 5.92 Å². The Hall–Kier alpha value is -3.85. The van der Waals surface area contributed by atoms with Crippen LogP contribution in [0.4, 0.5) is 11.4 Å². The highest BCUT2D eigenvalue weighted by atomic mass is 35.5. The van der Waals surface area contributed by atoms with Crippen molar-refractivity contribution in [3.05, 3.63) is 93.1 Å². The van der Waals surface area contributed by atoms with Gasteiger partial charge in [0.25, 0.3) is 11.8 Å². The van der Waals surface area contributed by atoms with Gasteiger partial charge in [-0.2, -0.15) is 0 Å². The van der Waals surface area contributed by atoms with Gasteiger partial charge in [-0.3, -0.25) is 14.4 Å². The number of hydrogen-bond acceptors (Lipinski definition) is 4. The summed E-state index contributed by atoms with van der Waals surface area (Å²) in [5.41, 5.74) is 4.22. The zero-order valence-corrected chi connectivity index (χ0v) is 24.1. The summed E-state index contributed by atoms with van der Waals surface area (Å²) in [7, 11) is 1.55. The van der Waals surface area contributed by atoms with E-state index in [1.165, 1.54) is 0 Å². The molecule has 0 unspecified atom stereocenters. The molecule has 10 heteroatoms. The van der Waals surface area contributed by atoms with Crippen LogP contribution in [-0.2, 0) is 22.8 Å². The van der Waals surface area contributed by atoms with E-state index >= 15 is 0 Å². The number of fused-ring (bicyclic) bond motifs is 1. The first-order valence-electron chi connectivity index (χ1n) is 12.6. The standard InChI is InChI=1S/C30H30Cl2N4O4/c1-17(2)28(37)33-15-19-5-8-24(32)23(12-19)29(38)34-22-7-10-26-20(13-22)14-27(36(26)16-40-4)30(39)35-25-9-6-21(31)11-18(25)3/h5-14,17H,15-16H2,1-4H3,(H,33,37)(H,34,38)(H,35,39). The van der Waals surface area contributed by atoms with Crippen LogP contribution in [0.2, 0.25) is 10.0 Å². The molecular weight excluding hydrogens is 551 g/mol. The number of benzene rings is 3. The minimum Gasteiger partial charge on any atom is -0.364 e. The number of nitrogens with zero attached hydrogens (tertiary/aromatic N) is 1. The van der Waals surface area contributed by atoms with Gasteiger partial charge >= 0.3 is 0 Å². The number of carbonyl (C=O) groups is 3. The van der Waals surface area contributed by atoms with Crippen LogP contribution < -0.4 is 16.0 Å². The molecule has 0 aliphatic heterocycles. The van der Waals surface area contributed by atoms with Crippen molar-refractivity contribution in [1.29, 1.82) is 0 Å². The van der Waals surface area contributed by atoms with Crippen LogP contribution in [0.5, 0.6) is 0 Å². The minimum atomic E-state index is -0.395. The van der Waals surface area contributed by atoms with Gasteiger partial charge in [-0.25, -0.2) is 0 Å². The SMILES string of the molecule is COCn1c(C(=O)Nc2ccc(Cl)cc2C)cc2cc(NC(=O)c3cc(CNC(=O)C(C)C)ccc3Cl)ccc21. The molecule has 0 spiro atoms. The third-order valence-electron chi connectivity index (χ3n) is 6.35. The Balaban J connectivity index is 1.57. The van der Waals surface area contributed by atoms with E-state index in [0.29, 0.717) is 27.1 Å². The molecule has 208 valence electrons. The fourth-order valence-corrected chi connectivity index (χ4v) is 4.64.